The lowest BCUT2D eigenvalue weighted by atomic mass is 10.4. The number of rotatable bonds is 1. The molecule has 0 aromatic carbocycles. The topological polar surface area (TPSA) is 53.8 Å². The molecule has 5 heteroatoms. The summed E-state index contributed by atoms with van der Waals surface area (Å²) in [6.07, 6.45) is -0.275. The van der Waals surface area contributed by atoms with Crippen molar-refractivity contribution < 1.29 is 9.18 Å². The smallest absolute Gasteiger partial charge is 0.235 e. The lowest BCUT2D eigenvalue weighted by Gasteiger charge is -2.07. The summed E-state index contributed by atoms with van der Waals surface area (Å²) in [5, 5.41) is 2.33. The van der Waals surface area contributed by atoms with Gasteiger partial charge in [0.2, 0.25) is 17.8 Å². The molecule has 0 radical (unpaired) electrons. The normalized spacial score (nSPS) is 21.5. The van der Waals surface area contributed by atoms with Crippen LogP contribution in [0, 0.1) is 0 Å². The second-order valence-electron chi connectivity index (χ2n) is 2.01. The van der Waals surface area contributed by atoms with Gasteiger partial charge in [0.05, 0.1) is 6.42 Å². The Labute approximate surface area is 63.2 Å². The minimum Gasteiger partial charge on any atom is -0.294 e. The Hall–Kier alpha value is -1.26. The number of carbonyl (C=O) groups excluding carboxylic acids is 1. The number of nitrogens with one attached hydrogen (secondary N) is 1. The first-order valence-corrected chi connectivity index (χ1v) is 3.29. The highest BCUT2D eigenvalue weighted by molar-refractivity contribution is 6.12. The zero-order chi connectivity index (χ0) is 8.27. The Morgan fingerprint density at radius 2 is 2.55 bits per heavy atom. The Morgan fingerprint density at radius 1 is 1.82 bits per heavy atom. The first-order valence-electron chi connectivity index (χ1n) is 3.29. The third kappa shape index (κ3) is 2.10. The Morgan fingerprint density at radius 3 is 3.09 bits per heavy atom. The van der Waals surface area contributed by atoms with E-state index in [-0.39, 0.29) is 12.4 Å². The van der Waals surface area contributed by atoms with Crippen LogP contribution in [0.25, 0.3) is 0 Å². The lowest BCUT2D eigenvalue weighted by Crippen LogP contribution is -2.35. The minimum absolute atomic E-state index is 0.0706. The van der Waals surface area contributed by atoms with Crippen LogP contribution in [0.3, 0.4) is 0 Å². The molecule has 0 unspecified atom stereocenters. The van der Waals surface area contributed by atoms with Crippen molar-refractivity contribution in [3.05, 3.63) is 0 Å². The summed E-state index contributed by atoms with van der Waals surface area (Å²) < 4.78 is 12.4. The number of aliphatic imine (C=N–C) groups is 2. The molecular formula is C6H8FN3O. The second kappa shape index (κ2) is 3.23. The summed E-state index contributed by atoms with van der Waals surface area (Å²) in [5.41, 5.74) is 0. The molecule has 0 fully saturated rings. The lowest BCUT2D eigenvalue weighted by molar-refractivity contribution is -0.118. The summed E-state index contributed by atoms with van der Waals surface area (Å²) >= 11 is 0. The van der Waals surface area contributed by atoms with Gasteiger partial charge in [0.25, 0.3) is 0 Å². The number of hydrogen-bond donors (Lipinski definition) is 1. The van der Waals surface area contributed by atoms with Gasteiger partial charge < -0.3 is 0 Å². The molecule has 4 nitrogen and oxygen atoms in total. The summed E-state index contributed by atoms with van der Waals surface area (Å²) in [5.74, 6) is -1.01. The zero-order valence-electron chi connectivity index (χ0n) is 6.09. The predicted molar refractivity (Wildman–Crippen MR) is 39.3 cm³/mol. The molecule has 0 bridgehead atoms. The molecule has 0 spiro atoms. The largest absolute Gasteiger partial charge is 0.294 e. The monoisotopic (exact) mass is 157 g/mol. The molecule has 1 heterocycles. The molecule has 1 aliphatic heterocycles. The van der Waals surface area contributed by atoms with Crippen molar-refractivity contribution in [2.24, 2.45) is 9.98 Å². The molecule has 0 aliphatic carbocycles. The number of amides is 1. The number of carbonyl (C=O) groups is 1. The number of guanidine groups is 1. The second-order valence-corrected chi connectivity index (χ2v) is 2.01. The summed E-state index contributed by atoms with van der Waals surface area (Å²) in [6.45, 7) is 2.26. The van der Waals surface area contributed by atoms with Crippen LogP contribution in [0.5, 0.6) is 0 Å². The van der Waals surface area contributed by atoms with E-state index in [4.69, 9.17) is 0 Å². The van der Waals surface area contributed by atoms with E-state index in [0.29, 0.717) is 6.54 Å². The Bertz CT molecular complexity index is 234. The van der Waals surface area contributed by atoms with Gasteiger partial charge in [-0.25, -0.2) is 0 Å². The first-order chi connectivity index (χ1) is 5.22. The zero-order valence-corrected chi connectivity index (χ0v) is 6.09. The molecular weight excluding hydrogens is 149 g/mol. The van der Waals surface area contributed by atoms with Crippen LogP contribution in [0.2, 0.25) is 0 Å². The van der Waals surface area contributed by atoms with E-state index in [0.717, 1.165) is 0 Å². The van der Waals surface area contributed by atoms with Crippen LogP contribution in [0.1, 0.15) is 13.3 Å². The number of hydrogen-bond acceptors (Lipinski definition) is 2. The summed E-state index contributed by atoms with van der Waals surface area (Å²) in [6, 6.07) is 0. The Kier molecular flexibility index (Phi) is 2.30. The van der Waals surface area contributed by atoms with E-state index >= 15 is 0 Å². The van der Waals surface area contributed by atoms with Gasteiger partial charge in [-0.05, 0) is 6.92 Å². The van der Waals surface area contributed by atoms with E-state index < -0.39 is 11.9 Å². The van der Waals surface area contributed by atoms with E-state index in [1.165, 1.54) is 0 Å². The van der Waals surface area contributed by atoms with Crippen LogP contribution in [0.4, 0.5) is 4.39 Å². The molecule has 60 valence electrons. The van der Waals surface area contributed by atoms with Crippen LogP contribution < -0.4 is 5.32 Å². The van der Waals surface area contributed by atoms with Crippen LogP contribution >= 0.6 is 0 Å². The van der Waals surface area contributed by atoms with Gasteiger partial charge in [0.1, 0.15) is 0 Å². The van der Waals surface area contributed by atoms with Crippen molar-refractivity contribution in [3.8, 4) is 0 Å². The molecule has 1 rings (SSSR count). The van der Waals surface area contributed by atoms with E-state index in [1.807, 2.05) is 0 Å². The maximum Gasteiger partial charge on any atom is 0.235 e. The third-order valence-corrected chi connectivity index (χ3v) is 1.09. The highest BCUT2D eigenvalue weighted by atomic mass is 19.1. The summed E-state index contributed by atoms with van der Waals surface area (Å²) in [4.78, 5) is 17.8. The maximum absolute atomic E-state index is 12.4. The average Bonchev–Trinajstić information content (AvgIpc) is 1.85. The standard InChI is InChI=1S/C6H8FN3O/c1-2-8-6-9-4(7)3-5(11)10-6/h2-3H2,1H3,(H,8,10,11). The van der Waals surface area contributed by atoms with Gasteiger partial charge in [0.15, 0.2) is 0 Å². The summed E-state index contributed by atoms with van der Waals surface area (Å²) in [7, 11) is 0. The average molecular weight is 157 g/mol. The van der Waals surface area contributed by atoms with Crippen LogP contribution in [-0.4, -0.2) is 24.4 Å². The SMILES string of the molecule is CCN=C1N=C(F)CC(=O)N1. The van der Waals surface area contributed by atoms with E-state index in [1.54, 1.807) is 6.92 Å². The highest BCUT2D eigenvalue weighted by Gasteiger charge is 2.15. The Balaban J connectivity index is 2.77. The van der Waals surface area contributed by atoms with Crippen molar-refractivity contribution in [3.63, 3.8) is 0 Å². The van der Waals surface area contributed by atoms with E-state index in [2.05, 4.69) is 15.3 Å². The first kappa shape index (κ1) is 7.84. The van der Waals surface area contributed by atoms with Crippen molar-refractivity contribution in [2.45, 2.75) is 13.3 Å². The quantitative estimate of drug-likeness (QED) is 0.582. The predicted octanol–water partition coefficient (Wildman–Crippen LogP) is 0.250. The molecule has 0 saturated carbocycles. The fourth-order valence-corrected chi connectivity index (χ4v) is 0.708. The number of halogens is 1. The maximum atomic E-state index is 12.4. The molecule has 0 aromatic heterocycles. The van der Waals surface area contributed by atoms with Crippen LogP contribution in [0.15, 0.2) is 9.98 Å². The molecule has 0 saturated heterocycles. The van der Waals surface area contributed by atoms with Crippen molar-refractivity contribution in [1.29, 1.82) is 0 Å². The van der Waals surface area contributed by atoms with Gasteiger partial charge in [-0.15, -0.1) is 0 Å². The van der Waals surface area contributed by atoms with Crippen molar-refractivity contribution in [1.82, 2.24) is 5.32 Å². The van der Waals surface area contributed by atoms with Gasteiger partial charge in [-0.2, -0.15) is 9.38 Å². The molecule has 1 N–H and O–H groups in total. The van der Waals surface area contributed by atoms with E-state index in [9.17, 15) is 9.18 Å². The highest BCUT2D eigenvalue weighted by Crippen LogP contribution is 1.97. The number of nitrogens with zero attached hydrogens (tertiary/aromatic N) is 2. The fraction of sp³-hybridized carbons (Fsp3) is 0.500. The van der Waals surface area contributed by atoms with Crippen LogP contribution in [-0.2, 0) is 4.79 Å². The molecule has 0 atom stereocenters. The minimum atomic E-state index is -0.680. The fourth-order valence-electron chi connectivity index (χ4n) is 0.708. The van der Waals surface area contributed by atoms with Crippen molar-refractivity contribution in [2.75, 3.05) is 6.54 Å². The molecule has 1 amide bonds. The molecule has 1 aliphatic rings. The molecule has 11 heavy (non-hydrogen) atoms. The van der Waals surface area contributed by atoms with Gasteiger partial charge in [-0.1, -0.05) is 0 Å². The van der Waals surface area contributed by atoms with Gasteiger partial charge in [-0.3, -0.25) is 15.1 Å². The van der Waals surface area contributed by atoms with Gasteiger partial charge >= 0.3 is 0 Å². The van der Waals surface area contributed by atoms with Gasteiger partial charge in [0, 0.05) is 6.54 Å². The van der Waals surface area contributed by atoms with Crippen molar-refractivity contribution >= 4 is 17.8 Å². The third-order valence-electron chi connectivity index (χ3n) is 1.09. The molecule has 0 aromatic rings.